The highest BCUT2D eigenvalue weighted by atomic mass is 35.5. The van der Waals surface area contributed by atoms with Gasteiger partial charge in [-0.3, -0.25) is 0 Å². The highest BCUT2D eigenvalue weighted by Gasteiger charge is 2.21. The zero-order chi connectivity index (χ0) is 13.8. The smallest absolute Gasteiger partial charge is 0.337 e. The summed E-state index contributed by atoms with van der Waals surface area (Å²) in [5.74, 6) is -1.01. The number of halogens is 1. The van der Waals surface area contributed by atoms with Crippen LogP contribution in [0.25, 0.3) is 0 Å². The topological polar surface area (TPSA) is 58.6 Å². The molecule has 0 aromatic heterocycles. The third kappa shape index (κ3) is 3.61. The van der Waals surface area contributed by atoms with E-state index in [-0.39, 0.29) is 16.7 Å². The van der Waals surface area contributed by atoms with E-state index in [4.69, 9.17) is 21.4 Å². The number of nitrogens with one attached hydrogen (secondary N) is 1. The van der Waals surface area contributed by atoms with Crippen LogP contribution in [0.5, 0.6) is 0 Å². The van der Waals surface area contributed by atoms with Gasteiger partial charge >= 0.3 is 5.97 Å². The van der Waals surface area contributed by atoms with E-state index >= 15 is 0 Å². The van der Waals surface area contributed by atoms with E-state index in [9.17, 15) is 4.79 Å². The minimum absolute atomic E-state index is 0.130. The fraction of sp³-hybridized carbons (Fsp3) is 0.500. The first-order chi connectivity index (χ1) is 9.10. The Bertz CT molecular complexity index is 464. The second-order valence-corrected chi connectivity index (χ2v) is 5.17. The van der Waals surface area contributed by atoms with Crippen molar-refractivity contribution in [1.29, 1.82) is 0 Å². The van der Waals surface area contributed by atoms with Crippen LogP contribution in [-0.4, -0.2) is 29.8 Å². The maximum Gasteiger partial charge on any atom is 0.337 e. The number of aromatic carboxylic acids is 1. The van der Waals surface area contributed by atoms with Crippen molar-refractivity contribution >= 4 is 23.3 Å². The molecule has 104 valence electrons. The van der Waals surface area contributed by atoms with Crippen LogP contribution in [-0.2, 0) is 4.74 Å². The lowest BCUT2D eigenvalue weighted by molar-refractivity contribution is 0.00925. The molecule has 2 rings (SSSR count). The number of ether oxygens (including phenoxy) is 1. The monoisotopic (exact) mass is 283 g/mol. The molecule has 1 aromatic carbocycles. The van der Waals surface area contributed by atoms with Crippen molar-refractivity contribution in [2.24, 2.45) is 0 Å². The van der Waals surface area contributed by atoms with Crippen LogP contribution < -0.4 is 5.32 Å². The first-order valence-electron chi connectivity index (χ1n) is 6.51. The summed E-state index contributed by atoms with van der Waals surface area (Å²) in [6, 6.07) is 5.33. The van der Waals surface area contributed by atoms with Crippen molar-refractivity contribution in [2.75, 3.05) is 11.9 Å². The first kappa shape index (κ1) is 14.2. The summed E-state index contributed by atoms with van der Waals surface area (Å²) in [6.07, 6.45) is 3.17. The molecule has 0 aliphatic carbocycles. The lowest BCUT2D eigenvalue weighted by Gasteiger charge is -2.30. The molecule has 1 heterocycles. The number of hydrogen-bond donors (Lipinski definition) is 2. The summed E-state index contributed by atoms with van der Waals surface area (Å²) in [6.45, 7) is 2.85. The van der Waals surface area contributed by atoms with Crippen LogP contribution in [0.1, 0.15) is 36.5 Å². The van der Waals surface area contributed by atoms with Crippen LogP contribution in [0.3, 0.4) is 0 Å². The molecule has 2 N–H and O–H groups in total. The van der Waals surface area contributed by atoms with Gasteiger partial charge in [0, 0.05) is 18.3 Å². The molecule has 1 aromatic rings. The van der Waals surface area contributed by atoms with E-state index in [2.05, 4.69) is 12.2 Å². The Kier molecular flexibility index (Phi) is 4.66. The number of anilines is 1. The highest BCUT2D eigenvalue weighted by molar-refractivity contribution is 6.33. The number of carboxylic acids is 1. The maximum atomic E-state index is 11.0. The quantitative estimate of drug-likeness (QED) is 0.889. The molecule has 0 radical (unpaired) electrons. The lowest BCUT2D eigenvalue weighted by atomic mass is 10.0. The maximum absolute atomic E-state index is 11.0. The van der Waals surface area contributed by atoms with Gasteiger partial charge in [0.2, 0.25) is 0 Å². The van der Waals surface area contributed by atoms with Gasteiger partial charge in [0.1, 0.15) is 0 Å². The molecule has 0 bridgehead atoms. The summed E-state index contributed by atoms with van der Waals surface area (Å²) in [5, 5.41) is 12.7. The van der Waals surface area contributed by atoms with E-state index in [0.29, 0.717) is 6.04 Å². The molecule has 1 aliphatic rings. The van der Waals surface area contributed by atoms with Crippen molar-refractivity contribution in [2.45, 2.75) is 38.3 Å². The highest BCUT2D eigenvalue weighted by Crippen LogP contribution is 2.24. The summed E-state index contributed by atoms with van der Waals surface area (Å²) in [5.41, 5.74) is 0.925. The van der Waals surface area contributed by atoms with Crippen LogP contribution in [0, 0.1) is 0 Å². The molecule has 1 aliphatic heterocycles. The van der Waals surface area contributed by atoms with Crippen molar-refractivity contribution < 1.29 is 14.6 Å². The first-order valence-corrected chi connectivity index (χ1v) is 6.89. The molecular weight excluding hydrogens is 266 g/mol. The molecule has 1 saturated heterocycles. The zero-order valence-corrected chi connectivity index (χ0v) is 11.6. The van der Waals surface area contributed by atoms with Crippen molar-refractivity contribution in [3.05, 3.63) is 28.8 Å². The van der Waals surface area contributed by atoms with E-state index in [1.165, 1.54) is 0 Å². The van der Waals surface area contributed by atoms with Crippen LogP contribution in [0.4, 0.5) is 5.69 Å². The molecule has 0 spiro atoms. The van der Waals surface area contributed by atoms with E-state index < -0.39 is 5.97 Å². The van der Waals surface area contributed by atoms with Gasteiger partial charge < -0.3 is 15.2 Å². The molecular formula is C14H18ClNO3. The Balaban J connectivity index is 2.06. The normalized spacial score (nSPS) is 23.1. The molecule has 19 heavy (non-hydrogen) atoms. The number of carbonyl (C=O) groups is 1. The molecule has 4 nitrogen and oxygen atoms in total. The van der Waals surface area contributed by atoms with Crippen LogP contribution in [0.15, 0.2) is 18.2 Å². The summed E-state index contributed by atoms with van der Waals surface area (Å²) < 4.78 is 5.62. The number of rotatable bonds is 4. The van der Waals surface area contributed by atoms with Gasteiger partial charge in [0.25, 0.3) is 0 Å². The van der Waals surface area contributed by atoms with Gasteiger partial charge in [0.15, 0.2) is 0 Å². The summed E-state index contributed by atoms with van der Waals surface area (Å²) in [4.78, 5) is 11.0. The summed E-state index contributed by atoms with van der Waals surface area (Å²) in [7, 11) is 0. The lowest BCUT2D eigenvalue weighted by Crippen LogP contribution is -2.33. The van der Waals surface area contributed by atoms with Crippen molar-refractivity contribution in [3.8, 4) is 0 Å². The molecule has 2 atom stereocenters. The Labute approximate surface area is 117 Å². The minimum Gasteiger partial charge on any atom is -0.478 e. The summed E-state index contributed by atoms with van der Waals surface area (Å²) >= 11 is 5.85. The second kappa shape index (κ2) is 6.26. The second-order valence-electron chi connectivity index (χ2n) is 4.77. The third-order valence-electron chi connectivity index (χ3n) is 3.39. The average molecular weight is 284 g/mol. The van der Waals surface area contributed by atoms with Crippen molar-refractivity contribution in [1.82, 2.24) is 0 Å². The predicted octanol–water partition coefficient (Wildman–Crippen LogP) is 3.41. The standard InChI is InChI=1S/C14H18ClNO3/c1-2-11-7-10(5-6-19-11)16-9-3-4-13(15)12(8-9)14(17)18/h3-4,8,10-11,16H,2,5-7H2,1H3,(H,17,18). The SMILES string of the molecule is CCC1CC(Nc2ccc(Cl)c(C(=O)O)c2)CCO1. The molecule has 0 amide bonds. The van der Waals surface area contributed by atoms with Crippen LogP contribution >= 0.6 is 11.6 Å². The van der Waals surface area contributed by atoms with Gasteiger partial charge in [-0.05, 0) is 37.5 Å². The van der Waals surface area contributed by atoms with Crippen LogP contribution in [0.2, 0.25) is 5.02 Å². The fourth-order valence-electron chi connectivity index (χ4n) is 2.31. The predicted molar refractivity (Wildman–Crippen MR) is 75.1 cm³/mol. The zero-order valence-electron chi connectivity index (χ0n) is 10.9. The van der Waals surface area contributed by atoms with Gasteiger partial charge in [0.05, 0.1) is 16.7 Å². The van der Waals surface area contributed by atoms with E-state index in [1.54, 1.807) is 12.1 Å². The molecule has 5 heteroatoms. The minimum atomic E-state index is -1.01. The van der Waals surface area contributed by atoms with Gasteiger partial charge in [-0.2, -0.15) is 0 Å². The fourth-order valence-corrected chi connectivity index (χ4v) is 2.51. The van der Waals surface area contributed by atoms with Crippen molar-refractivity contribution in [3.63, 3.8) is 0 Å². The Morgan fingerprint density at radius 3 is 3.05 bits per heavy atom. The van der Waals surface area contributed by atoms with Gasteiger partial charge in [-0.25, -0.2) is 4.79 Å². The third-order valence-corrected chi connectivity index (χ3v) is 3.72. The molecule has 2 unspecified atom stereocenters. The van der Waals surface area contributed by atoms with E-state index in [1.807, 2.05) is 6.07 Å². The molecule has 0 saturated carbocycles. The Hall–Kier alpha value is -1.26. The number of benzene rings is 1. The van der Waals surface area contributed by atoms with E-state index in [0.717, 1.165) is 31.6 Å². The molecule has 1 fully saturated rings. The number of hydrogen-bond acceptors (Lipinski definition) is 3. The Morgan fingerprint density at radius 2 is 2.37 bits per heavy atom. The average Bonchev–Trinajstić information content (AvgIpc) is 2.41. The largest absolute Gasteiger partial charge is 0.478 e. The van der Waals surface area contributed by atoms with Gasteiger partial charge in [-0.15, -0.1) is 0 Å². The van der Waals surface area contributed by atoms with Gasteiger partial charge in [-0.1, -0.05) is 18.5 Å². The number of carboxylic acid groups (broad SMARTS) is 1. The Morgan fingerprint density at radius 1 is 1.58 bits per heavy atom.